The van der Waals surface area contributed by atoms with Crippen molar-refractivity contribution >= 4 is 17.8 Å². The van der Waals surface area contributed by atoms with E-state index in [9.17, 15) is 0 Å². The highest BCUT2D eigenvalue weighted by molar-refractivity contribution is 5.59. The lowest BCUT2D eigenvalue weighted by atomic mass is 10.4. The maximum Gasteiger partial charge on any atom is 0.199 e. The van der Waals surface area contributed by atoms with Crippen molar-refractivity contribution in [2.75, 3.05) is 11.5 Å². The monoisotopic (exact) mass is 138 g/mol. The van der Waals surface area contributed by atoms with Crippen LogP contribution in [0.25, 0.3) is 6.08 Å². The summed E-state index contributed by atoms with van der Waals surface area (Å²) in [5.74, 6) is 0.793. The van der Waals surface area contributed by atoms with Crippen LogP contribution in [-0.4, -0.2) is 9.97 Å². The number of allylic oxidation sites excluding steroid dienone is 1. The summed E-state index contributed by atoms with van der Waals surface area (Å²) in [4.78, 5) is 6.58. The van der Waals surface area contributed by atoms with Gasteiger partial charge in [-0.25, -0.2) is 0 Å². The van der Waals surface area contributed by atoms with Crippen LogP contribution in [0.2, 0.25) is 0 Å². The molecule has 0 saturated carbocycles. The first-order valence-electron chi connectivity index (χ1n) is 2.97. The summed E-state index contributed by atoms with van der Waals surface area (Å²) < 4.78 is 0. The van der Waals surface area contributed by atoms with E-state index >= 15 is 0 Å². The van der Waals surface area contributed by atoms with E-state index in [1.165, 1.54) is 0 Å². The fourth-order valence-corrected chi connectivity index (χ4v) is 0.714. The van der Waals surface area contributed by atoms with Gasteiger partial charge in [0.2, 0.25) is 0 Å². The topological polar surface area (TPSA) is 80.7 Å². The molecule has 1 rings (SSSR count). The van der Waals surface area contributed by atoms with Crippen LogP contribution in [0.3, 0.4) is 0 Å². The number of hydrogen-bond acceptors (Lipinski definition) is 3. The number of H-pyrrole nitrogens is 1. The SMILES string of the molecule is CC=Cc1[nH]c(N)nc1N. The van der Waals surface area contributed by atoms with E-state index < -0.39 is 0 Å². The molecule has 0 unspecified atom stereocenters. The van der Waals surface area contributed by atoms with Crippen LogP contribution in [0, 0.1) is 0 Å². The van der Waals surface area contributed by atoms with Crippen molar-refractivity contribution in [2.45, 2.75) is 6.92 Å². The van der Waals surface area contributed by atoms with Crippen molar-refractivity contribution in [1.29, 1.82) is 0 Å². The molecule has 0 saturated heterocycles. The van der Waals surface area contributed by atoms with Crippen molar-refractivity contribution in [3.63, 3.8) is 0 Å². The van der Waals surface area contributed by atoms with Crippen LogP contribution in [0.5, 0.6) is 0 Å². The second-order valence-corrected chi connectivity index (χ2v) is 1.92. The molecule has 0 aliphatic carbocycles. The minimum absolute atomic E-state index is 0.352. The van der Waals surface area contributed by atoms with Gasteiger partial charge in [-0.05, 0) is 13.0 Å². The number of hydrogen-bond donors (Lipinski definition) is 3. The highest BCUT2D eigenvalue weighted by Gasteiger charge is 1.98. The number of anilines is 2. The van der Waals surface area contributed by atoms with E-state index in [4.69, 9.17) is 11.5 Å². The molecule has 4 heteroatoms. The van der Waals surface area contributed by atoms with Gasteiger partial charge in [-0.15, -0.1) is 0 Å². The molecule has 0 bridgehead atoms. The first-order chi connectivity index (χ1) is 4.74. The van der Waals surface area contributed by atoms with Crippen molar-refractivity contribution in [3.05, 3.63) is 11.8 Å². The highest BCUT2D eigenvalue weighted by atomic mass is 15.1. The third-order valence-electron chi connectivity index (χ3n) is 1.11. The lowest BCUT2D eigenvalue weighted by Gasteiger charge is -1.84. The molecule has 4 nitrogen and oxygen atoms in total. The second-order valence-electron chi connectivity index (χ2n) is 1.92. The van der Waals surface area contributed by atoms with Crippen LogP contribution in [0.1, 0.15) is 12.6 Å². The summed E-state index contributed by atoms with van der Waals surface area (Å²) >= 11 is 0. The third-order valence-corrected chi connectivity index (χ3v) is 1.11. The molecule has 1 aromatic heterocycles. The van der Waals surface area contributed by atoms with Gasteiger partial charge in [-0.3, -0.25) is 0 Å². The first kappa shape index (κ1) is 6.67. The van der Waals surface area contributed by atoms with E-state index in [1.54, 1.807) is 0 Å². The Morgan fingerprint density at radius 3 is 2.60 bits per heavy atom. The predicted molar refractivity (Wildman–Crippen MR) is 42.1 cm³/mol. The molecule has 5 N–H and O–H groups in total. The molecule has 1 heterocycles. The van der Waals surface area contributed by atoms with Crippen LogP contribution in [-0.2, 0) is 0 Å². The van der Waals surface area contributed by atoms with Gasteiger partial charge in [0.05, 0.1) is 5.69 Å². The second kappa shape index (κ2) is 2.43. The number of imidazole rings is 1. The summed E-state index contributed by atoms with van der Waals surface area (Å²) in [5.41, 5.74) is 11.5. The zero-order valence-corrected chi connectivity index (χ0v) is 5.76. The zero-order valence-electron chi connectivity index (χ0n) is 5.76. The molecule has 0 fully saturated rings. The van der Waals surface area contributed by atoms with Crippen LogP contribution < -0.4 is 11.5 Å². The Morgan fingerprint density at radius 2 is 2.20 bits per heavy atom. The molecule has 0 aliphatic heterocycles. The molecule has 0 aromatic carbocycles. The van der Waals surface area contributed by atoms with E-state index in [0.29, 0.717) is 11.8 Å². The van der Waals surface area contributed by atoms with Crippen molar-refractivity contribution in [2.24, 2.45) is 0 Å². The first-order valence-corrected chi connectivity index (χ1v) is 2.97. The minimum Gasteiger partial charge on any atom is -0.382 e. The molecule has 0 radical (unpaired) electrons. The minimum atomic E-state index is 0.352. The van der Waals surface area contributed by atoms with Crippen LogP contribution in [0.4, 0.5) is 11.8 Å². The highest BCUT2D eigenvalue weighted by Crippen LogP contribution is 2.10. The molecular formula is C6H10N4. The zero-order chi connectivity index (χ0) is 7.56. The Labute approximate surface area is 58.9 Å². The molecule has 0 spiro atoms. The summed E-state index contributed by atoms with van der Waals surface area (Å²) in [6.07, 6.45) is 3.68. The van der Waals surface area contributed by atoms with Crippen molar-refractivity contribution < 1.29 is 0 Å². The van der Waals surface area contributed by atoms with Crippen molar-refractivity contribution in [1.82, 2.24) is 9.97 Å². The number of rotatable bonds is 1. The number of nitrogens with zero attached hydrogens (tertiary/aromatic N) is 1. The number of aromatic nitrogens is 2. The Bertz CT molecular complexity index is 248. The Balaban J connectivity index is 3.03. The molecule has 54 valence electrons. The largest absolute Gasteiger partial charge is 0.382 e. The lowest BCUT2D eigenvalue weighted by Crippen LogP contribution is -1.87. The van der Waals surface area contributed by atoms with Gasteiger partial charge in [-0.1, -0.05) is 6.08 Å². The van der Waals surface area contributed by atoms with Gasteiger partial charge in [0.25, 0.3) is 0 Å². The lowest BCUT2D eigenvalue weighted by molar-refractivity contribution is 1.32. The third kappa shape index (κ3) is 1.10. The predicted octanol–water partition coefficient (Wildman–Crippen LogP) is 0.607. The maximum atomic E-state index is 5.45. The maximum absolute atomic E-state index is 5.45. The Morgan fingerprint density at radius 1 is 1.50 bits per heavy atom. The average molecular weight is 138 g/mol. The quantitative estimate of drug-likeness (QED) is 0.531. The van der Waals surface area contributed by atoms with E-state index in [2.05, 4.69) is 9.97 Å². The molecule has 0 aliphatic rings. The summed E-state index contributed by atoms with van der Waals surface area (Å²) in [6, 6.07) is 0. The summed E-state index contributed by atoms with van der Waals surface area (Å²) in [7, 11) is 0. The van der Waals surface area contributed by atoms with Gasteiger partial charge in [0.15, 0.2) is 11.8 Å². The van der Waals surface area contributed by atoms with E-state index in [-0.39, 0.29) is 0 Å². The van der Waals surface area contributed by atoms with E-state index in [1.807, 2.05) is 19.1 Å². The number of aromatic amines is 1. The number of nitrogens with one attached hydrogen (secondary N) is 1. The fraction of sp³-hybridized carbons (Fsp3) is 0.167. The summed E-state index contributed by atoms with van der Waals surface area (Å²) in [6.45, 7) is 1.90. The van der Waals surface area contributed by atoms with Gasteiger partial charge < -0.3 is 16.5 Å². The summed E-state index contributed by atoms with van der Waals surface area (Å²) in [5, 5.41) is 0. The Kier molecular flexibility index (Phi) is 1.62. The van der Waals surface area contributed by atoms with Gasteiger partial charge in [-0.2, -0.15) is 4.98 Å². The molecule has 1 aromatic rings. The smallest absolute Gasteiger partial charge is 0.199 e. The molecule has 0 atom stereocenters. The van der Waals surface area contributed by atoms with E-state index in [0.717, 1.165) is 5.69 Å². The normalized spacial score (nSPS) is 10.9. The van der Waals surface area contributed by atoms with Gasteiger partial charge in [0.1, 0.15) is 0 Å². The molecule has 10 heavy (non-hydrogen) atoms. The number of nitrogens with two attached hydrogens (primary N) is 2. The Hall–Kier alpha value is -1.45. The molecular weight excluding hydrogens is 128 g/mol. The van der Waals surface area contributed by atoms with Gasteiger partial charge in [0, 0.05) is 0 Å². The molecule has 0 amide bonds. The van der Waals surface area contributed by atoms with Crippen molar-refractivity contribution in [3.8, 4) is 0 Å². The number of nitrogen functional groups attached to an aromatic ring is 2. The van der Waals surface area contributed by atoms with Gasteiger partial charge >= 0.3 is 0 Å². The standard InChI is InChI=1S/C6H10N4/c1-2-3-4-5(7)10-6(8)9-4/h2-3H,7H2,1H3,(H3,8,9,10). The van der Waals surface area contributed by atoms with Crippen LogP contribution >= 0.6 is 0 Å². The van der Waals surface area contributed by atoms with Crippen LogP contribution in [0.15, 0.2) is 6.08 Å². The average Bonchev–Trinajstić information content (AvgIpc) is 2.13. The fourth-order valence-electron chi connectivity index (χ4n) is 0.714.